The Hall–Kier alpha value is -2.25. The third-order valence-corrected chi connectivity index (χ3v) is 4.93. The molecule has 0 aliphatic rings. The molecule has 8 heteroatoms. The van der Waals surface area contributed by atoms with Gasteiger partial charge in [0.05, 0.1) is 23.4 Å². The van der Waals surface area contributed by atoms with Crippen molar-refractivity contribution in [3.63, 3.8) is 0 Å². The number of carbonyl (C=O) groups excluding carboxylic acids is 1. The number of alkyl halides is 1. The van der Waals surface area contributed by atoms with Gasteiger partial charge in [0, 0.05) is 5.56 Å². The zero-order valence-corrected chi connectivity index (χ0v) is 14.7. The van der Waals surface area contributed by atoms with Crippen LogP contribution in [-0.2, 0) is 14.8 Å². The molecule has 24 heavy (non-hydrogen) atoms. The van der Waals surface area contributed by atoms with Gasteiger partial charge in [0.1, 0.15) is 11.6 Å². The number of rotatable bonds is 6. The third kappa shape index (κ3) is 3.98. The van der Waals surface area contributed by atoms with E-state index >= 15 is 0 Å². The van der Waals surface area contributed by atoms with Crippen LogP contribution in [0.3, 0.4) is 0 Å². The molecule has 0 fully saturated rings. The van der Waals surface area contributed by atoms with E-state index in [4.69, 9.17) is 16.3 Å². The standard InChI is InChI=1S/C16H17ClN2O4S/c1-11-13(19-24(21,22)12-6-4-3-5-7-12)8-9-14(16(11)23-2)18-15(20)10-17/h3-9,19H,10H2,1-2H3,(H,18,20). The highest BCUT2D eigenvalue weighted by atomic mass is 35.5. The molecule has 6 nitrogen and oxygen atoms in total. The van der Waals surface area contributed by atoms with Crippen LogP contribution in [0.4, 0.5) is 11.4 Å². The van der Waals surface area contributed by atoms with Crippen LogP contribution in [0.15, 0.2) is 47.4 Å². The predicted molar refractivity (Wildman–Crippen MR) is 94.3 cm³/mol. The van der Waals surface area contributed by atoms with Crippen LogP contribution in [0.1, 0.15) is 5.56 Å². The summed E-state index contributed by atoms with van der Waals surface area (Å²) >= 11 is 5.48. The monoisotopic (exact) mass is 368 g/mol. The molecular formula is C16H17ClN2O4S. The minimum Gasteiger partial charge on any atom is -0.494 e. The largest absolute Gasteiger partial charge is 0.494 e. The van der Waals surface area contributed by atoms with E-state index in [0.717, 1.165) is 0 Å². The van der Waals surface area contributed by atoms with Gasteiger partial charge in [0.2, 0.25) is 5.91 Å². The van der Waals surface area contributed by atoms with Crippen molar-refractivity contribution in [3.8, 4) is 5.75 Å². The van der Waals surface area contributed by atoms with E-state index in [0.29, 0.717) is 22.7 Å². The first-order valence-electron chi connectivity index (χ1n) is 7.00. The summed E-state index contributed by atoms with van der Waals surface area (Å²) in [5.74, 6) is -0.210. The Morgan fingerprint density at radius 2 is 1.75 bits per heavy atom. The number of anilines is 2. The molecule has 0 radical (unpaired) electrons. The zero-order valence-electron chi connectivity index (χ0n) is 13.2. The number of benzene rings is 2. The van der Waals surface area contributed by atoms with Gasteiger partial charge < -0.3 is 10.1 Å². The second-order valence-electron chi connectivity index (χ2n) is 4.92. The van der Waals surface area contributed by atoms with Gasteiger partial charge in [-0.1, -0.05) is 18.2 Å². The Bertz CT molecular complexity index is 839. The van der Waals surface area contributed by atoms with Gasteiger partial charge in [-0.3, -0.25) is 9.52 Å². The van der Waals surface area contributed by atoms with Crippen molar-refractivity contribution in [1.29, 1.82) is 0 Å². The number of amides is 1. The SMILES string of the molecule is COc1c(NC(=O)CCl)ccc(NS(=O)(=O)c2ccccc2)c1C. The number of ether oxygens (including phenoxy) is 1. The highest BCUT2D eigenvalue weighted by Crippen LogP contribution is 2.34. The number of carbonyl (C=O) groups is 1. The molecule has 0 heterocycles. The van der Waals surface area contributed by atoms with Gasteiger partial charge in [-0.05, 0) is 31.2 Å². The quantitative estimate of drug-likeness (QED) is 0.768. The summed E-state index contributed by atoms with van der Waals surface area (Å²) in [7, 11) is -2.28. The van der Waals surface area contributed by atoms with Crippen molar-refractivity contribution in [2.75, 3.05) is 23.0 Å². The van der Waals surface area contributed by atoms with Crippen LogP contribution in [0.25, 0.3) is 0 Å². The molecular weight excluding hydrogens is 352 g/mol. The Labute approximate surface area is 145 Å². The lowest BCUT2D eigenvalue weighted by Crippen LogP contribution is -2.16. The molecule has 0 bridgehead atoms. The maximum Gasteiger partial charge on any atom is 0.261 e. The molecule has 2 aromatic carbocycles. The summed E-state index contributed by atoms with van der Waals surface area (Å²) < 4.78 is 32.7. The lowest BCUT2D eigenvalue weighted by atomic mass is 10.1. The van der Waals surface area contributed by atoms with E-state index in [-0.39, 0.29) is 16.7 Å². The summed E-state index contributed by atoms with van der Waals surface area (Å²) in [6, 6.07) is 11.1. The number of halogens is 1. The summed E-state index contributed by atoms with van der Waals surface area (Å²) in [4.78, 5) is 11.6. The molecule has 0 atom stereocenters. The third-order valence-electron chi connectivity index (χ3n) is 3.30. The maximum absolute atomic E-state index is 12.4. The molecule has 2 N–H and O–H groups in total. The van der Waals surface area contributed by atoms with Gasteiger partial charge in [0.15, 0.2) is 0 Å². The van der Waals surface area contributed by atoms with Gasteiger partial charge in [-0.15, -0.1) is 11.6 Å². The lowest BCUT2D eigenvalue weighted by Gasteiger charge is -2.16. The van der Waals surface area contributed by atoms with Gasteiger partial charge >= 0.3 is 0 Å². The summed E-state index contributed by atoms with van der Waals surface area (Å²) in [6.07, 6.45) is 0. The first kappa shape index (κ1) is 18.1. The van der Waals surface area contributed by atoms with E-state index in [2.05, 4.69) is 10.0 Å². The first-order valence-corrected chi connectivity index (χ1v) is 9.02. The molecule has 0 aliphatic carbocycles. The average Bonchev–Trinajstić information content (AvgIpc) is 2.58. The number of hydrogen-bond acceptors (Lipinski definition) is 4. The minimum atomic E-state index is -3.72. The van der Waals surface area contributed by atoms with Crippen LogP contribution in [0, 0.1) is 6.92 Å². The normalized spacial score (nSPS) is 11.0. The second-order valence-corrected chi connectivity index (χ2v) is 6.87. The van der Waals surface area contributed by atoms with Crippen LogP contribution < -0.4 is 14.8 Å². The molecule has 0 aliphatic heterocycles. The average molecular weight is 369 g/mol. The molecule has 0 saturated heterocycles. The topological polar surface area (TPSA) is 84.5 Å². The minimum absolute atomic E-state index is 0.155. The fourth-order valence-electron chi connectivity index (χ4n) is 2.15. The Balaban J connectivity index is 2.37. The van der Waals surface area contributed by atoms with Crippen LogP contribution in [0.2, 0.25) is 0 Å². The maximum atomic E-state index is 12.4. The molecule has 0 unspecified atom stereocenters. The number of nitrogens with one attached hydrogen (secondary N) is 2. The van der Waals surface area contributed by atoms with E-state index in [1.54, 1.807) is 37.3 Å². The highest BCUT2D eigenvalue weighted by Gasteiger charge is 2.18. The highest BCUT2D eigenvalue weighted by molar-refractivity contribution is 7.92. The molecule has 0 spiro atoms. The lowest BCUT2D eigenvalue weighted by molar-refractivity contribution is -0.113. The van der Waals surface area contributed by atoms with Gasteiger partial charge in [-0.2, -0.15) is 0 Å². The van der Waals surface area contributed by atoms with Crippen molar-refractivity contribution in [1.82, 2.24) is 0 Å². The van der Waals surface area contributed by atoms with Gasteiger partial charge in [0.25, 0.3) is 10.0 Å². The van der Waals surface area contributed by atoms with Crippen LogP contribution >= 0.6 is 11.6 Å². The Morgan fingerprint density at radius 1 is 1.12 bits per heavy atom. The Kier molecular flexibility index (Phi) is 5.69. The van der Waals surface area contributed by atoms with Crippen LogP contribution in [0.5, 0.6) is 5.75 Å². The smallest absolute Gasteiger partial charge is 0.261 e. The molecule has 0 saturated carbocycles. The number of hydrogen-bond donors (Lipinski definition) is 2. The van der Waals surface area contributed by atoms with E-state index in [1.165, 1.54) is 19.2 Å². The van der Waals surface area contributed by atoms with Crippen molar-refractivity contribution < 1.29 is 17.9 Å². The van der Waals surface area contributed by atoms with Crippen molar-refractivity contribution >= 4 is 38.9 Å². The zero-order chi connectivity index (χ0) is 17.7. The van der Waals surface area contributed by atoms with Crippen molar-refractivity contribution in [2.45, 2.75) is 11.8 Å². The molecule has 2 aromatic rings. The molecule has 0 aromatic heterocycles. The first-order chi connectivity index (χ1) is 11.4. The van der Waals surface area contributed by atoms with E-state index in [1.807, 2.05) is 0 Å². The van der Waals surface area contributed by atoms with Crippen molar-refractivity contribution in [2.24, 2.45) is 0 Å². The predicted octanol–water partition coefficient (Wildman–Crippen LogP) is 2.98. The molecule has 1 amide bonds. The molecule has 128 valence electrons. The second kappa shape index (κ2) is 7.55. The Morgan fingerprint density at radius 3 is 2.33 bits per heavy atom. The van der Waals surface area contributed by atoms with Gasteiger partial charge in [-0.25, -0.2) is 8.42 Å². The summed E-state index contributed by atoms with van der Waals surface area (Å²) in [5, 5.41) is 2.60. The van der Waals surface area contributed by atoms with Crippen molar-refractivity contribution in [3.05, 3.63) is 48.0 Å². The van der Waals surface area contributed by atoms with Crippen LogP contribution in [-0.4, -0.2) is 27.3 Å². The van der Waals surface area contributed by atoms with E-state index < -0.39 is 10.0 Å². The number of methoxy groups -OCH3 is 1. The fraction of sp³-hybridized carbons (Fsp3) is 0.188. The summed E-state index contributed by atoms with van der Waals surface area (Å²) in [6.45, 7) is 1.69. The fourth-order valence-corrected chi connectivity index (χ4v) is 3.36. The molecule has 2 rings (SSSR count). The summed E-state index contributed by atoms with van der Waals surface area (Å²) in [5.41, 5.74) is 1.33. The number of sulfonamides is 1. The van der Waals surface area contributed by atoms with E-state index in [9.17, 15) is 13.2 Å².